The number of hydrogen-bond acceptors (Lipinski definition) is 3. The highest BCUT2D eigenvalue weighted by Gasteiger charge is 1.83. The summed E-state index contributed by atoms with van der Waals surface area (Å²) in [7, 11) is 0. The highest BCUT2D eigenvalue weighted by atomic mass is 35.5. The van der Waals surface area contributed by atoms with E-state index in [2.05, 4.69) is 10.5 Å². The lowest BCUT2D eigenvalue weighted by Crippen LogP contribution is -2.11. The number of alkyl halides is 1. The number of carbonyl (C=O) groups is 1. The van der Waals surface area contributed by atoms with Crippen molar-refractivity contribution >= 4 is 17.7 Å². The summed E-state index contributed by atoms with van der Waals surface area (Å²) in [6, 6.07) is -0.171. The van der Waals surface area contributed by atoms with Gasteiger partial charge < -0.3 is 15.2 Å². The second-order valence-electron chi connectivity index (χ2n) is 1.35. The van der Waals surface area contributed by atoms with E-state index >= 15 is 0 Å². The third-order valence-corrected chi connectivity index (χ3v) is 0.714. The van der Waals surface area contributed by atoms with E-state index in [1.165, 1.54) is 0 Å². The van der Waals surface area contributed by atoms with Crippen molar-refractivity contribution in [2.75, 3.05) is 19.3 Å². The fraction of sp³-hybridized carbons (Fsp3) is 0.833. The van der Waals surface area contributed by atoms with Gasteiger partial charge >= 0.3 is 6.09 Å². The van der Waals surface area contributed by atoms with Gasteiger partial charge in [0, 0.05) is 13.2 Å². The van der Waals surface area contributed by atoms with Gasteiger partial charge in [0.2, 0.25) is 0 Å². The standard InChI is InChI=1S/C4H10O.C2H4ClNO2/c1-3-5-4-2;3-1-6-2(4)5/h3-4H2,1-2H3;1H2,(H2,4,5). The largest absolute Gasteiger partial charge is 0.433 e. The molecule has 0 bridgehead atoms. The molecule has 1 amide bonds. The van der Waals surface area contributed by atoms with Crippen molar-refractivity contribution in [3.8, 4) is 0 Å². The predicted octanol–water partition coefficient (Wildman–Crippen LogP) is 1.32. The van der Waals surface area contributed by atoms with E-state index in [4.69, 9.17) is 16.3 Å². The number of rotatable bonds is 3. The van der Waals surface area contributed by atoms with E-state index in [-0.39, 0.29) is 6.07 Å². The lowest BCUT2D eigenvalue weighted by atomic mass is 10.8. The highest BCUT2D eigenvalue weighted by molar-refractivity contribution is 6.17. The van der Waals surface area contributed by atoms with E-state index < -0.39 is 6.09 Å². The van der Waals surface area contributed by atoms with Gasteiger partial charge in [-0.3, -0.25) is 0 Å². The Bertz CT molecular complexity index is 87.9. The minimum atomic E-state index is -0.843. The highest BCUT2D eigenvalue weighted by Crippen LogP contribution is 1.74. The zero-order chi connectivity index (χ0) is 9.11. The Hall–Kier alpha value is -0.480. The van der Waals surface area contributed by atoms with Crippen LogP contribution in [0.1, 0.15) is 13.8 Å². The molecule has 0 aliphatic rings. The molecule has 0 radical (unpaired) electrons. The summed E-state index contributed by atoms with van der Waals surface area (Å²) < 4.78 is 8.78. The predicted molar refractivity (Wildman–Crippen MR) is 43.6 cm³/mol. The number of ether oxygens (including phenoxy) is 2. The molecule has 0 saturated heterocycles. The third kappa shape index (κ3) is 26.4. The average Bonchev–Trinajstić information content (AvgIpc) is 1.90. The molecule has 68 valence electrons. The van der Waals surface area contributed by atoms with E-state index in [0.29, 0.717) is 0 Å². The first-order valence-electron chi connectivity index (χ1n) is 3.24. The summed E-state index contributed by atoms with van der Waals surface area (Å²) >= 11 is 4.87. The molecule has 0 rings (SSSR count). The lowest BCUT2D eigenvalue weighted by Gasteiger charge is -1.87. The number of carbonyl (C=O) groups excluding carboxylic acids is 1. The van der Waals surface area contributed by atoms with Crippen LogP contribution >= 0.6 is 11.6 Å². The van der Waals surface area contributed by atoms with E-state index in [9.17, 15) is 4.79 Å². The normalized spacial score (nSPS) is 7.91. The van der Waals surface area contributed by atoms with Crippen molar-refractivity contribution in [2.45, 2.75) is 13.8 Å². The molecular weight excluding hydrogens is 170 g/mol. The van der Waals surface area contributed by atoms with Gasteiger partial charge in [0.25, 0.3) is 0 Å². The molecule has 0 saturated carbocycles. The van der Waals surface area contributed by atoms with E-state index in [0.717, 1.165) is 13.2 Å². The molecule has 4 nitrogen and oxygen atoms in total. The second kappa shape index (κ2) is 12.2. The molecule has 0 aliphatic heterocycles. The van der Waals surface area contributed by atoms with Crippen molar-refractivity contribution in [3.05, 3.63) is 0 Å². The Labute approximate surface area is 71.6 Å². The van der Waals surface area contributed by atoms with Crippen LogP contribution in [0.3, 0.4) is 0 Å². The van der Waals surface area contributed by atoms with Gasteiger partial charge in [-0.05, 0) is 13.8 Å². The molecule has 0 heterocycles. The van der Waals surface area contributed by atoms with Crippen LogP contribution in [0.2, 0.25) is 0 Å². The molecule has 2 N–H and O–H groups in total. The SMILES string of the molecule is CCOCC.NC(=O)OCCl. The van der Waals surface area contributed by atoms with Gasteiger partial charge in [-0.15, -0.1) is 0 Å². The van der Waals surface area contributed by atoms with Crippen LogP contribution in [-0.2, 0) is 9.47 Å². The Morgan fingerprint density at radius 2 is 1.91 bits per heavy atom. The van der Waals surface area contributed by atoms with Crippen molar-refractivity contribution in [3.63, 3.8) is 0 Å². The molecule has 0 atom stereocenters. The van der Waals surface area contributed by atoms with Crippen LogP contribution in [0.5, 0.6) is 0 Å². The summed E-state index contributed by atoms with van der Waals surface area (Å²) in [5, 5.41) is 0. The Balaban J connectivity index is 0. The van der Waals surface area contributed by atoms with Crippen LogP contribution in [0.15, 0.2) is 0 Å². The summed E-state index contributed by atoms with van der Waals surface area (Å²) in [5.41, 5.74) is 4.46. The maximum atomic E-state index is 9.51. The van der Waals surface area contributed by atoms with Crippen LogP contribution in [0, 0.1) is 0 Å². The second-order valence-corrected chi connectivity index (χ2v) is 1.57. The van der Waals surface area contributed by atoms with Gasteiger partial charge in [0.15, 0.2) is 6.07 Å². The first-order valence-corrected chi connectivity index (χ1v) is 3.78. The Kier molecular flexibility index (Phi) is 14.6. The Morgan fingerprint density at radius 1 is 1.45 bits per heavy atom. The summed E-state index contributed by atoms with van der Waals surface area (Å²) in [5.74, 6) is 0. The van der Waals surface area contributed by atoms with E-state index in [1.54, 1.807) is 0 Å². The molecule has 0 aromatic carbocycles. The maximum Gasteiger partial charge on any atom is 0.405 e. The molecule has 11 heavy (non-hydrogen) atoms. The van der Waals surface area contributed by atoms with Crippen LogP contribution in [0.25, 0.3) is 0 Å². The molecule has 0 unspecified atom stereocenters. The first kappa shape index (κ1) is 13.1. The fourth-order valence-electron chi connectivity index (χ4n) is 0.258. The minimum absolute atomic E-state index is 0.171. The number of amides is 1. The van der Waals surface area contributed by atoms with Crippen molar-refractivity contribution in [2.24, 2.45) is 5.73 Å². The minimum Gasteiger partial charge on any atom is -0.433 e. The molecule has 0 fully saturated rings. The zero-order valence-corrected chi connectivity index (χ0v) is 7.56. The summed E-state index contributed by atoms with van der Waals surface area (Å²) in [4.78, 5) is 9.51. The number of nitrogens with two attached hydrogens (primary N) is 1. The smallest absolute Gasteiger partial charge is 0.405 e. The Morgan fingerprint density at radius 3 is 1.91 bits per heavy atom. The fourth-order valence-corrected chi connectivity index (χ4v) is 0.365. The van der Waals surface area contributed by atoms with Crippen LogP contribution in [0.4, 0.5) is 4.79 Å². The van der Waals surface area contributed by atoms with Crippen LogP contribution < -0.4 is 5.73 Å². The quantitative estimate of drug-likeness (QED) is 0.672. The van der Waals surface area contributed by atoms with Gasteiger partial charge in [0.05, 0.1) is 0 Å². The molecule has 5 heteroatoms. The topological polar surface area (TPSA) is 61.5 Å². The number of hydrogen-bond donors (Lipinski definition) is 1. The van der Waals surface area contributed by atoms with Crippen molar-refractivity contribution in [1.29, 1.82) is 0 Å². The average molecular weight is 184 g/mol. The summed E-state index contributed by atoms with van der Waals surface area (Å²) in [6.07, 6.45) is -0.843. The molecule has 0 aliphatic carbocycles. The van der Waals surface area contributed by atoms with Gasteiger partial charge in [-0.25, -0.2) is 4.79 Å². The van der Waals surface area contributed by atoms with Crippen LogP contribution in [-0.4, -0.2) is 25.4 Å². The monoisotopic (exact) mass is 183 g/mol. The van der Waals surface area contributed by atoms with Gasteiger partial charge in [-0.1, -0.05) is 11.6 Å². The number of primary amides is 1. The third-order valence-electron chi connectivity index (χ3n) is 0.605. The molecule has 0 aromatic heterocycles. The molecule has 0 aromatic rings. The van der Waals surface area contributed by atoms with Crippen molar-refractivity contribution < 1.29 is 14.3 Å². The van der Waals surface area contributed by atoms with Gasteiger partial charge in [-0.2, -0.15) is 0 Å². The molecule has 0 spiro atoms. The van der Waals surface area contributed by atoms with Gasteiger partial charge in [0.1, 0.15) is 0 Å². The number of halogens is 1. The van der Waals surface area contributed by atoms with E-state index in [1.807, 2.05) is 13.8 Å². The summed E-state index contributed by atoms with van der Waals surface area (Å²) in [6.45, 7) is 5.67. The maximum absolute atomic E-state index is 9.51. The zero-order valence-electron chi connectivity index (χ0n) is 6.80. The lowest BCUT2D eigenvalue weighted by molar-refractivity contribution is 0.162. The first-order chi connectivity index (χ1) is 5.18. The van der Waals surface area contributed by atoms with Crippen molar-refractivity contribution in [1.82, 2.24) is 0 Å². The molecular formula is C6H14ClNO3.